The van der Waals surface area contributed by atoms with Gasteiger partial charge in [0, 0.05) is 48.8 Å². The molecule has 0 amide bonds. The quantitative estimate of drug-likeness (QED) is 0.427. The third kappa shape index (κ3) is 2.60. The van der Waals surface area contributed by atoms with Crippen LogP contribution in [0, 0.1) is 13.7 Å². The fourth-order valence-corrected chi connectivity index (χ4v) is 2.74. The minimum absolute atomic E-state index is 0.0311. The van der Waals surface area contributed by atoms with Crippen LogP contribution in [0.5, 0.6) is 0 Å². The molecule has 0 aliphatic rings. The Morgan fingerprint density at radius 1 is 1.04 bits per heavy atom. The van der Waals surface area contributed by atoms with E-state index in [0.717, 1.165) is 18.3 Å². The predicted octanol–water partition coefficient (Wildman–Crippen LogP) is 5.96. The molecule has 3 heterocycles. The maximum Gasteiger partial charge on any atom is 0.227 e. The van der Waals surface area contributed by atoms with E-state index in [4.69, 9.17) is 25.0 Å². The Hall–Kier alpha value is -2.68. The number of aromatic nitrogens is 2. The van der Waals surface area contributed by atoms with Gasteiger partial charge in [-0.05, 0) is 54.5 Å². The minimum Gasteiger partial charge on any atom is -0.437 e. The molecule has 0 fully saturated rings. The van der Waals surface area contributed by atoms with Crippen LogP contribution < -0.4 is 0 Å². The van der Waals surface area contributed by atoms with Gasteiger partial charge in [-0.3, -0.25) is 4.98 Å². The fourth-order valence-electron chi connectivity index (χ4n) is 2.74. The molecule has 0 saturated heterocycles. The van der Waals surface area contributed by atoms with Gasteiger partial charge in [-0.2, -0.15) is 0 Å². The number of hydrogen-bond donors (Lipinski definition) is 0. The van der Waals surface area contributed by atoms with E-state index in [2.05, 4.69) is 9.97 Å². The maximum atomic E-state index is 7.98. The molecular formula is C22H22N2O. The molecule has 3 heteroatoms. The number of nitrogens with zero attached hydrogens (tertiary/aromatic N) is 2. The molecule has 0 N–H and O–H groups in total. The van der Waals surface area contributed by atoms with E-state index < -0.39 is 56.5 Å². The van der Waals surface area contributed by atoms with Gasteiger partial charge < -0.3 is 4.42 Å². The van der Waals surface area contributed by atoms with Crippen LogP contribution in [0.25, 0.3) is 33.3 Å². The first kappa shape index (κ1) is 6.24. The second-order valence-corrected chi connectivity index (χ2v) is 5.70. The monoisotopic (exact) mass is 345 g/mol. The van der Waals surface area contributed by atoms with Gasteiger partial charge in [-0.15, -0.1) is 0 Å². The first-order valence-corrected chi connectivity index (χ1v) is 7.36. The van der Waals surface area contributed by atoms with E-state index in [1.165, 1.54) is 18.2 Å². The molecule has 0 radical (unpaired) electrons. The largest absolute Gasteiger partial charge is 0.437 e. The average Bonchev–Trinajstić information content (AvgIpc) is 3.12. The van der Waals surface area contributed by atoms with Crippen LogP contribution in [0.3, 0.4) is 0 Å². The number of benzene rings is 1. The molecule has 0 aliphatic carbocycles. The molecule has 4 rings (SSSR count). The van der Waals surface area contributed by atoms with Crippen LogP contribution in [-0.4, -0.2) is 9.97 Å². The van der Waals surface area contributed by atoms with E-state index in [-0.39, 0.29) is 27.9 Å². The van der Waals surface area contributed by atoms with Crippen LogP contribution in [-0.2, 0) is 5.41 Å². The number of aryl methyl sites for hydroxylation is 2. The Balaban J connectivity index is 2.05. The third-order valence-electron chi connectivity index (χ3n) is 3.96. The van der Waals surface area contributed by atoms with Crippen molar-refractivity contribution in [3.05, 3.63) is 59.4 Å². The number of pyridine rings is 2. The molecule has 0 bridgehead atoms. The molecule has 25 heavy (non-hydrogen) atoms. The molecule has 0 spiro atoms. The smallest absolute Gasteiger partial charge is 0.227 e. The van der Waals surface area contributed by atoms with Gasteiger partial charge in [0.2, 0.25) is 5.71 Å². The van der Waals surface area contributed by atoms with Crippen molar-refractivity contribution in [1.82, 2.24) is 9.97 Å². The molecule has 3 aromatic heterocycles. The summed E-state index contributed by atoms with van der Waals surface area (Å²) in [4.78, 5) is 8.20. The van der Waals surface area contributed by atoms with Crippen molar-refractivity contribution in [2.45, 2.75) is 39.7 Å². The summed E-state index contributed by atoms with van der Waals surface area (Å²) in [6, 6.07) is 7.85. The molecular weight excluding hydrogens is 308 g/mol. The average molecular weight is 346 g/mol. The van der Waals surface area contributed by atoms with Crippen LogP contribution in [0.15, 0.2) is 47.0 Å². The van der Waals surface area contributed by atoms with E-state index in [0.29, 0.717) is 5.39 Å². The van der Waals surface area contributed by atoms with Crippen molar-refractivity contribution in [3.8, 4) is 11.3 Å². The predicted molar refractivity (Wildman–Crippen MR) is 103 cm³/mol. The minimum atomic E-state index is -3.48. The standard InChI is InChI=1S/C22H22N2O/c1-13-11-18-16-7-6-8-17(20(16)25-21(18)24-14(13)2)19-12-15(9-10-23-19)22(3,4)5/h6-12H,1-5H3/i1D3,2D3,3D3,4D3,5D3. The first-order chi connectivity index (χ1) is 18.0. The second kappa shape index (κ2) is 5.41. The summed E-state index contributed by atoms with van der Waals surface area (Å²) in [5.41, 5.74) is -4.87. The summed E-state index contributed by atoms with van der Waals surface area (Å²) >= 11 is 0. The first-order valence-electron chi connectivity index (χ1n) is 14.9. The fraction of sp³-hybridized carbons (Fsp3) is 0.273. The van der Waals surface area contributed by atoms with Crippen molar-refractivity contribution in [3.63, 3.8) is 0 Å². The second-order valence-electron chi connectivity index (χ2n) is 5.70. The molecule has 4 aromatic rings. The van der Waals surface area contributed by atoms with Gasteiger partial charge in [0.05, 0.1) is 5.69 Å². The molecule has 0 saturated carbocycles. The molecule has 0 atom stereocenters. The van der Waals surface area contributed by atoms with Crippen molar-refractivity contribution >= 4 is 22.1 Å². The summed E-state index contributed by atoms with van der Waals surface area (Å²) in [6.45, 7) is -16.1. The number of rotatable bonds is 1. The summed E-state index contributed by atoms with van der Waals surface area (Å²) < 4.78 is 124. The lowest BCUT2D eigenvalue weighted by Crippen LogP contribution is -2.11. The number of para-hydroxylation sites is 1. The summed E-state index contributed by atoms with van der Waals surface area (Å²) in [6.07, 6.45) is 1.09. The van der Waals surface area contributed by atoms with Crippen LogP contribution in [0.4, 0.5) is 0 Å². The van der Waals surface area contributed by atoms with Crippen molar-refractivity contribution in [2.75, 3.05) is 0 Å². The lowest BCUT2D eigenvalue weighted by Gasteiger charge is -2.19. The van der Waals surface area contributed by atoms with E-state index in [9.17, 15) is 0 Å². The highest BCUT2D eigenvalue weighted by atomic mass is 16.3. The highest BCUT2D eigenvalue weighted by molar-refractivity contribution is 6.08. The van der Waals surface area contributed by atoms with E-state index >= 15 is 0 Å². The van der Waals surface area contributed by atoms with Crippen LogP contribution in [0.2, 0.25) is 0 Å². The number of furan rings is 1. The zero-order valence-corrected chi connectivity index (χ0v) is 12.8. The topological polar surface area (TPSA) is 38.9 Å². The van der Waals surface area contributed by atoms with Crippen molar-refractivity contribution in [2.24, 2.45) is 0 Å². The molecule has 3 nitrogen and oxygen atoms in total. The highest BCUT2D eigenvalue weighted by Gasteiger charge is 2.18. The summed E-state index contributed by atoms with van der Waals surface area (Å²) in [5, 5.41) is 0.512. The third-order valence-corrected chi connectivity index (χ3v) is 3.96. The Morgan fingerprint density at radius 2 is 1.96 bits per heavy atom. The van der Waals surface area contributed by atoms with Gasteiger partial charge >= 0.3 is 0 Å². The Labute approximate surface area is 168 Å². The van der Waals surface area contributed by atoms with Gasteiger partial charge in [0.25, 0.3) is 0 Å². The maximum absolute atomic E-state index is 7.98. The Kier molecular flexibility index (Phi) is 1.35. The lowest BCUT2D eigenvalue weighted by molar-refractivity contribution is 0.589. The Morgan fingerprint density at radius 3 is 2.76 bits per heavy atom. The summed E-state index contributed by atoms with van der Waals surface area (Å²) in [5.74, 6) is 0. The van der Waals surface area contributed by atoms with Gasteiger partial charge in [-0.1, -0.05) is 32.7 Å². The molecule has 1 aromatic carbocycles. The summed E-state index contributed by atoms with van der Waals surface area (Å²) in [7, 11) is 0. The van der Waals surface area contributed by atoms with Crippen molar-refractivity contribution in [1.29, 1.82) is 0 Å². The van der Waals surface area contributed by atoms with Crippen LogP contribution in [0.1, 0.15) is 57.9 Å². The molecule has 0 unspecified atom stereocenters. The normalized spacial score (nSPS) is 23.6. The zero-order chi connectivity index (χ0) is 30.3. The number of fused-ring (bicyclic) bond motifs is 3. The SMILES string of the molecule is [2H]C([2H])([2H])c1cc2c(nc1C([2H])([2H])[2H])oc1c(-c3cc(C(C([2H])([2H])[2H])(C([2H])([2H])[2H])C([2H])([2H])[2H])ccn3)cccc12. The van der Waals surface area contributed by atoms with E-state index in [1.807, 2.05) is 0 Å². The lowest BCUT2D eigenvalue weighted by atomic mass is 9.87. The van der Waals surface area contributed by atoms with Gasteiger partial charge in [0.15, 0.2) is 0 Å². The molecule has 0 aliphatic heterocycles. The van der Waals surface area contributed by atoms with Crippen molar-refractivity contribution < 1.29 is 25.0 Å². The van der Waals surface area contributed by atoms with Gasteiger partial charge in [-0.25, -0.2) is 4.98 Å². The highest BCUT2D eigenvalue weighted by Crippen LogP contribution is 2.36. The van der Waals surface area contributed by atoms with Gasteiger partial charge in [0.1, 0.15) is 5.58 Å². The Bertz CT molecular complexity index is 1550. The molecule has 126 valence electrons. The van der Waals surface area contributed by atoms with Crippen LogP contribution >= 0.6 is 0 Å². The zero-order valence-electron chi connectivity index (χ0n) is 27.8. The number of hydrogen-bond acceptors (Lipinski definition) is 3. The van der Waals surface area contributed by atoms with E-state index in [1.54, 1.807) is 6.07 Å².